The number of carbonyl (C=O) groups excluding carboxylic acids is 1. The number of hydrogen-bond acceptors (Lipinski definition) is 4. The molecule has 174 valence electrons. The lowest BCUT2D eigenvalue weighted by atomic mass is 10.2. The first kappa shape index (κ1) is 24.3. The molecule has 6 nitrogen and oxygen atoms in total. The fraction of sp³-hybridized carbons (Fsp3) is 0.0952. The quantitative estimate of drug-likeness (QED) is 0.428. The fourth-order valence-electron chi connectivity index (χ4n) is 2.61. The number of halogens is 5. The van der Waals surface area contributed by atoms with Crippen LogP contribution in [-0.4, -0.2) is 20.9 Å². The Bertz CT molecular complexity index is 1270. The molecule has 0 spiro atoms. The predicted octanol–water partition coefficient (Wildman–Crippen LogP) is 5.32. The topological polar surface area (TPSA) is 84.5 Å². The number of hydrogen-bond donors (Lipinski definition) is 2. The van der Waals surface area contributed by atoms with Gasteiger partial charge in [-0.15, -0.1) is 0 Å². The Hall–Kier alpha value is -3.31. The molecule has 0 fully saturated rings. The first-order valence-electron chi connectivity index (χ1n) is 9.12. The highest BCUT2D eigenvalue weighted by Crippen LogP contribution is 2.31. The minimum atomic E-state index is -4.56. The molecule has 0 aliphatic heterocycles. The fourth-order valence-corrected chi connectivity index (χ4v) is 4.00. The Morgan fingerprint density at radius 3 is 2.30 bits per heavy atom. The van der Waals surface area contributed by atoms with Gasteiger partial charge >= 0.3 is 6.18 Å². The summed E-state index contributed by atoms with van der Waals surface area (Å²) in [6.07, 6.45) is -4.56. The molecule has 0 aliphatic carbocycles. The van der Waals surface area contributed by atoms with E-state index in [2.05, 4.69) is 10.0 Å². The summed E-state index contributed by atoms with van der Waals surface area (Å²) >= 11 is 6.05. The average Bonchev–Trinajstić information content (AvgIpc) is 2.74. The maximum atomic E-state index is 13.0. The van der Waals surface area contributed by atoms with Crippen LogP contribution in [0.25, 0.3) is 0 Å². The number of anilines is 2. The van der Waals surface area contributed by atoms with Gasteiger partial charge in [0.05, 0.1) is 15.5 Å². The maximum Gasteiger partial charge on any atom is 0.416 e. The average molecular weight is 503 g/mol. The molecule has 3 aromatic carbocycles. The van der Waals surface area contributed by atoms with Crippen molar-refractivity contribution in [3.05, 3.63) is 83.1 Å². The lowest BCUT2D eigenvalue weighted by molar-refractivity contribution is -0.137. The van der Waals surface area contributed by atoms with Crippen LogP contribution >= 0.6 is 11.6 Å². The highest BCUT2D eigenvalue weighted by molar-refractivity contribution is 7.92. The molecule has 0 aromatic heterocycles. The van der Waals surface area contributed by atoms with Crippen LogP contribution in [0.3, 0.4) is 0 Å². The smallest absolute Gasteiger partial charge is 0.416 e. The molecular weight excluding hydrogens is 488 g/mol. The van der Waals surface area contributed by atoms with E-state index in [0.717, 1.165) is 36.4 Å². The molecule has 12 heteroatoms. The van der Waals surface area contributed by atoms with E-state index < -0.39 is 40.1 Å². The molecule has 0 saturated carbocycles. The number of amides is 1. The second-order valence-corrected chi connectivity index (χ2v) is 8.71. The van der Waals surface area contributed by atoms with Gasteiger partial charge in [0, 0.05) is 11.4 Å². The van der Waals surface area contributed by atoms with Crippen LogP contribution in [0, 0.1) is 5.82 Å². The highest BCUT2D eigenvalue weighted by atomic mass is 35.5. The summed E-state index contributed by atoms with van der Waals surface area (Å²) in [4.78, 5) is 11.8. The third-order valence-corrected chi connectivity index (χ3v) is 5.82. The summed E-state index contributed by atoms with van der Waals surface area (Å²) in [5, 5.41) is 2.15. The number of nitrogens with one attached hydrogen (secondary N) is 2. The first-order chi connectivity index (χ1) is 15.4. The van der Waals surface area contributed by atoms with Gasteiger partial charge in [-0.05, 0) is 60.7 Å². The van der Waals surface area contributed by atoms with E-state index in [1.807, 2.05) is 0 Å². The summed E-state index contributed by atoms with van der Waals surface area (Å²) in [7, 11) is -4.04. The zero-order valence-electron chi connectivity index (χ0n) is 16.5. The monoisotopic (exact) mass is 502 g/mol. The number of benzene rings is 3. The largest absolute Gasteiger partial charge is 0.482 e. The molecule has 1 amide bonds. The molecular formula is C21H15ClF4N2O4S. The number of sulfonamides is 1. The SMILES string of the molecule is O=C(COc1ccc(S(=O)(=O)Nc2ccc(F)cc2)cc1Cl)Nc1cccc(C(F)(F)F)c1. The van der Waals surface area contributed by atoms with E-state index in [0.29, 0.717) is 0 Å². The van der Waals surface area contributed by atoms with Crippen LogP contribution in [-0.2, 0) is 21.0 Å². The van der Waals surface area contributed by atoms with Gasteiger partial charge in [-0.3, -0.25) is 9.52 Å². The van der Waals surface area contributed by atoms with E-state index in [4.69, 9.17) is 16.3 Å². The number of alkyl halides is 3. The van der Waals surface area contributed by atoms with Crippen LogP contribution < -0.4 is 14.8 Å². The van der Waals surface area contributed by atoms with Gasteiger partial charge in [-0.1, -0.05) is 17.7 Å². The zero-order chi connectivity index (χ0) is 24.2. The maximum absolute atomic E-state index is 13.0. The van der Waals surface area contributed by atoms with Gasteiger partial charge in [-0.25, -0.2) is 12.8 Å². The molecule has 0 aliphatic rings. The summed E-state index contributed by atoms with van der Waals surface area (Å²) in [5.74, 6) is -1.30. The number of rotatable bonds is 7. The Kier molecular flexibility index (Phi) is 7.13. The van der Waals surface area contributed by atoms with Gasteiger partial charge in [0.15, 0.2) is 6.61 Å². The molecule has 0 atom stereocenters. The third kappa shape index (κ3) is 6.59. The van der Waals surface area contributed by atoms with Crippen molar-refractivity contribution in [3.8, 4) is 5.75 Å². The zero-order valence-corrected chi connectivity index (χ0v) is 18.1. The van der Waals surface area contributed by atoms with E-state index in [1.165, 1.54) is 30.3 Å². The molecule has 0 radical (unpaired) electrons. The molecule has 0 bridgehead atoms. The summed E-state index contributed by atoms with van der Waals surface area (Å²) in [6.45, 7) is -0.587. The second-order valence-electron chi connectivity index (χ2n) is 6.62. The van der Waals surface area contributed by atoms with Crippen molar-refractivity contribution >= 4 is 38.9 Å². The van der Waals surface area contributed by atoms with Crippen LogP contribution in [0.2, 0.25) is 5.02 Å². The normalized spacial score (nSPS) is 11.7. The van der Waals surface area contributed by atoms with E-state index in [9.17, 15) is 30.8 Å². The molecule has 3 rings (SSSR count). The minimum absolute atomic E-state index is 0.0170. The van der Waals surface area contributed by atoms with Crippen LogP contribution in [0.15, 0.2) is 71.6 Å². The molecule has 3 aromatic rings. The van der Waals surface area contributed by atoms with Gasteiger partial charge in [0.2, 0.25) is 0 Å². The van der Waals surface area contributed by atoms with Crippen LogP contribution in [0.4, 0.5) is 28.9 Å². The van der Waals surface area contributed by atoms with Crippen molar-refractivity contribution < 1.29 is 35.5 Å². The van der Waals surface area contributed by atoms with Gasteiger partial charge in [0.1, 0.15) is 11.6 Å². The Labute approximate surface area is 191 Å². The lowest BCUT2D eigenvalue weighted by Crippen LogP contribution is -2.20. The molecule has 0 unspecified atom stereocenters. The summed E-state index contributed by atoms with van der Waals surface area (Å²) < 4.78 is 83.7. The van der Waals surface area contributed by atoms with Gasteiger partial charge in [-0.2, -0.15) is 13.2 Å². The summed E-state index contributed by atoms with van der Waals surface area (Å²) in [5.41, 5.74) is -0.854. The molecule has 33 heavy (non-hydrogen) atoms. The number of carbonyl (C=O) groups is 1. The third-order valence-electron chi connectivity index (χ3n) is 4.14. The second kappa shape index (κ2) is 9.67. The first-order valence-corrected chi connectivity index (χ1v) is 11.0. The Morgan fingerprint density at radius 1 is 0.970 bits per heavy atom. The predicted molar refractivity (Wildman–Crippen MR) is 114 cm³/mol. The van der Waals surface area contributed by atoms with Crippen LogP contribution in [0.5, 0.6) is 5.75 Å². The lowest BCUT2D eigenvalue weighted by Gasteiger charge is -2.12. The van der Waals surface area contributed by atoms with Crippen molar-refractivity contribution in [2.45, 2.75) is 11.1 Å². The Morgan fingerprint density at radius 2 is 1.67 bits per heavy atom. The number of ether oxygens (including phenoxy) is 1. The van der Waals surface area contributed by atoms with Gasteiger partial charge in [0.25, 0.3) is 15.9 Å². The van der Waals surface area contributed by atoms with Crippen LogP contribution in [0.1, 0.15) is 5.56 Å². The van der Waals surface area contributed by atoms with Crippen molar-refractivity contribution in [3.63, 3.8) is 0 Å². The van der Waals surface area contributed by atoms with Crippen molar-refractivity contribution in [1.82, 2.24) is 0 Å². The minimum Gasteiger partial charge on any atom is -0.482 e. The Balaban J connectivity index is 1.63. The standard InChI is InChI=1S/C21H15ClF4N2O4S/c22-18-11-17(33(30,31)28-15-6-4-14(23)5-7-15)8-9-19(18)32-12-20(29)27-16-3-1-2-13(10-16)21(24,25)26/h1-11,28H,12H2,(H,27,29). The van der Waals surface area contributed by atoms with Crippen molar-refractivity contribution in [1.29, 1.82) is 0 Å². The summed E-state index contributed by atoms with van der Waals surface area (Å²) in [6, 6.07) is 12.2. The van der Waals surface area contributed by atoms with E-state index >= 15 is 0 Å². The molecule has 0 heterocycles. The van der Waals surface area contributed by atoms with E-state index in [1.54, 1.807) is 0 Å². The van der Waals surface area contributed by atoms with Crippen molar-refractivity contribution in [2.75, 3.05) is 16.6 Å². The van der Waals surface area contributed by atoms with E-state index in [-0.39, 0.29) is 27.0 Å². The van der Waals surface area contributed by atoms with Gasteiger partial charge < -0.3 is 10.1 Å². The highest BCUT2D eigenvalue weighted by Gasteiger charge is 2.30. The van der Waals surface area contributed by atoms with Crippen molar-refractivity contribution in [2.24, 2.45) is 0 Å². The molecule has 0 saturated heterocycles. The molecule has 2 N–H and O–H groups in total.